The van der Waals surface area contributed by atoms with Crippen LogP contribution < -0.4 is 15.8 Å². The number of aromatic nitrogens is 2. The van der Waals surface area contributed by atoms with Gasteiger partial charge in [-0.1, -0.05) is 24.3 Å². The van der Waals surface area contributed by atoms with Gasteiger partial charge in [-0.25, -0.2) is 15.1 Å². The molecule has 0 unspecified atom stereocenters. The number of rotatable bonds is 8. The van der Waals surface area contributed by atoms with Gasteiger partial charge in [-0.15, -0.1) is 0 Å². The normalized spacial score (nSPS) is 27.8. The molecule has 0 spiro atoms. The van der Waals surface area contributed by atoms with E-state index >= 15 is 0 Å². The molecule has 31 heavy (non-hydrogen) atoms. The monoisotopic (exact) mass is 449 g/mol. The first-order valence-electron chi connectivity index (χ1n) is 10.2. The van der Waals surface area contributed by atoms with E-state index in [1.807, 2.05) is 12.1 Å². The number of hydrogen-bond donors (Lipinski definition) is 5. The maximum absolute atomic E-state index is 11.0. The fraction of sp³-hybridized carbons (Fsp3) is 0.500. The first-order valence-corrected chi connectivity index (χ1v) is 11.7. The van der Waals surface area contributed by atoms with Crippen molar-refractivity contribution < 1.29 is 22.8 Å². The molecular weight excluding hydrogens is 422 g/mol. The van der Waals surface area contributed by atoms with Crippen molar-refractivity contribution in [2.45, 2.75) is 37.5 Å². The molecule has 6 N–H and O–H groups in total. The van der Waals surface area contributed by atoms with Gasteiger partial charge in [0.05, 0.1) is 24.9 Å². The lowest BCUT2D eigenvalue weighted by Gasteiger charge is -2.18. The quantitative estimate of drug-likeness (QED) is 0.388. The van der Waals surface area contributed by atoms with Crippen LogP contribution in [0.4, 0.5) is 11.6 Å². The van der Waals surface area contributed by atoms with Gasteiger partial charge in [0.15, 0.2) is 0 Å². The Balaban J connectivity index is 1.33. The third kappa shape index (κ3) is 5.31. The summed E-state index contributed by atoms with van der Waals surface area (Å²) in [5.74, 6) is 0.475. The fourth-order valence-electron chi connectivity index (χ4n) is 4.43. The lowest BCUT2D eigenvalue weighted by Crippen LogP contribution is -2.32. The van der Waals surface area contributed by atoms with Crippen LogP contribution in [0.2, 0.25) is 0 Å². The SMILES string of the molecule is NS(=O)(=O)OC[C@H]1C[C@@H](CNc2cc(N[C@H]3CCc4ccccc43)ncn2)[C@H](O)[C@@H]1O. The Hall–Kier alpha value is -2.31. The van der Waals surface area contributed by atoms with Crippen molar-refractivity contribution in [2.75, 3.05) is 23.8 Å². The van der Waals surface area contributed by atoms with Crippen LogP contribution in [0.3, 0.4) is 0 Å². The van der Waals surface area contributed by atoms with Crippen LogP contribution in [-0.4, -0.2) is 54.0 Å². The molecule has 1 aromatic heterocycles. The molecule has 0 aliphatic heterocycles. The molecule has 2 aliphatic rings. The van der Waals surface area contributed by atoms with Gasteiger partial charge in [-0.3, -0.25) is 4.18 Å². The number of anilines is 2. The summed E-state index contributed by atoms with van der Waals surface area (Å²) in [6.07, 6.45) is 1.80. The molecule has 168 valence electrons. The second-order valence-electron chi connectivity index (χ2n) is 8.12. The van der Waals surface area contributed by atoms with E-state index < -0.39 is 28.4 Å². The minimum Gasteiger partial charge on any atom is -0.390 e. The van der Waals surface area contributed by atoms with Gasteiger partial charge in [-0.2, -0.15) is 8.42 Å². The number of nitrogens with zero attached hydrogens (tertiary/aromatic N) is 2. The molecule has 5 atom stereocenters. The number of hydrogen-bond acceptors (Lipinski definition) is 9. The average Bonchev–Trinajstić information content (AvgIpc) is 3.26. The summed E-state index contributed by atoms with van der Waals surface area (Å²) in [5.41, 5.74) is 2.63. The summed E-state index contributed by atoms with van der Waals surface area (Å²) in [4.78, 5) is 8.53. The van der Waals surface area contributed by atoms with Crippen molar-refractivity contribution in [3.63, 3.8) is 0 Å². The largest absolute Gasteiger partial charge is 0.390 e. The van der Waals surface area contributed by atoms with E-state index in [1.54, 1.807) is 6.07 Å². The number of benzene rings is 1. The van der Waals surface area contributed by atoms with E-state index in [9.17, 15) is 18.6 Å². The van der Waals surface area contributed by atoms with Crippen LogP contribution in [-0.2, 0) is 20.9 Å². The van der Waals surface area contributed by atoms with Gasteiger partial charge >= 0.3 is 10.3 Å². The van der Waals surface area contributed by atoms with Crippen molar-refractivity contribution in [3.05, 3.63) is 47.8 Å². The van der Waals surface area contributed by atoms with Crippen molar-refractivity contribution in [1.82, 2.24) is 9.97 Å². The fourth-order valence-corrected chi connectivity index (χ4v) is 4.80. The summed E-state index contributed by atoms with van der Waals surface area (Å²) in [5, 5.41) is 31.9. The number of nitrogens with one attached hydrogen (secondary N) is 2. The van der Waals surface area contributed by atoms with Gasteiger partial charge in [0.1, 0.15) is 18.0 Å². The number of aliphatic hydroxyl groups is 2. The van der Waals surface area contributed by atoms with Crippen LogP contribution in [0, 0.1) is 11.8 Å². The summed E-state index contributed by atoms with van der Waals surface area (Å²) in [6, 6.07) is 10.4. The molecule has 10 nitrogen and oxygen atoms in total. The molecule has 0 amide bonds. The molecule has 1 fully saturated rings. The van der Waals surface area contributed by atoms with E-state index in [0.29, 0.717) is 24.6 Å². The maximum atomic E-state index is 11.0. The standard InChI is InChI=1S/C20H27N5O5S/c21-31(28,29)30-10-14-7-13(19(26)20(14)27)9-22-17-8-18(24-11-23-17)25-16-6-5-12-3-1-2-4-15(12)16/h1-4,8,11,13-14,16,19-20,26-27H,5-7,9-10H2,(H2,21,28,29)(H2,22,23,24,25)/t13-,14+,16-,19-,20+/m0/s1. The van der Waals surface area contributed by atoms with E-state index in [2.05, 4.69) is 36.9 Å². The smallest absolute Gasteiger partial charge is 0.333 e. The first-order chi connectivity index (χ1) is 14.8. The molecule has 1 aromatic carbocycles. The summed E-state index contributed by atoms with van der Waals surface area (Å²) in [6.45, 7) is 0.0881. The van der Waals surface area contributed by atoms with Crippen LogP contribution >= 0.6 is 0 Å². The van der Waals surface area contributed by atoms with Gasteiger partial charge in [0.2, 0.25) is 0 Å². The van der Waals surface area contributed by atoms with Crippen LogP contribution in [0.5, 0.6) is 0 Å². The van der Waals surface area contributed by atoms with Gasteiger partial charge in [0.25, 0.3) is 0 Å². The molecule has 2 aromatic rings. The number of nitrogens with two attached hydrogens (primary N) is 1. The topological polar surface area (TPSA) is 160 Å². The third-order valence-corrected chi connectivity index (χ3v) is 6.50. The first kappa shape index (κ1) is 21.9. The van der Waals surface area contributed by atoms with Crippen molar-refractivity contribution in [2.24, 2.45) is 17.0 Å². The Kier molecular flexibility index (Phi) is 6.39. The predicted octanol–water partition coefficient (Wildman–Crippen LogP) is 0.566. The van der Waals surface area contributed by atoms with Crippen molar-refractivity contribution in [1.29, 1.82) is 0 Å². The Morgan fingerprint density at radius 1 is 1.13 bits per heavy atom. The van der Waals surface area contributed by atoms with Crippen molar-refractivity contribution >= 4 is 21.9 Å². The predicted molar refractivity (Wildman–Crippen MR) is 114 cm³/mol. The minimum absolute atomic E-state index is 0.199. The Labute approximate surface area is 181 Å². The Morgan fingerprint density at radius 2 is 1.87 bits per heavy atom. The highest BCUT2D eigenvalue weighted by Gasteiger charge is 2.41. The average molecular weight is 450 g/mol. The van der Waals surface area contributed by atoms with Gasteiger partial charge < -0.3 is 20.8 Å². The highest BCUT2D eigenvalue weighted by atomic mass is 32.2. The second-order valence-corrected chi connectivity index (χ2v) is 9.34. The molecule has 1 saturated carbocycles. The molecule has 1 heterocycles. The molecule has 0 bridgehead atoms. The zero-order valence-electron chi connectivity index (χ0n) is 16.9. The summed E-state index contributed by atoms with van der Waals surface area (Å²) in [7, 11) is -4.09. The zero-order valence-corrected chi connectivity index (χ0v) is 17.7. The molecule has 11 heteroatoms. The lowest BCUT2D eigenvalue weighted by molar-refractivity contribution is -0.00162. The highest BCUT2D eigenvalue weighted by molar-refractivity contribution is 7.84. The van der Waals surface area contributed by atoms with Crippen LogP contribution in [0.15, 0.2) is 36.7 Å². The Morgan fingerprint density at radius 3 is 2.68 bits per heavy atom. The highest BCUT2D eigenvalue weighted by Crippen LogP contribution is 2.34. The summed E-state index contributed by atoms with van der Waals surface area (Å²) >= 11 is 0. The van der Waals surface area contributed by atoms with E-state index in [4.69, 9.17) is 5.14 Å². The zero-order chi connectivity index (χ0) is 22.0. The molecule has 0 saturated heterocycles. The number of aryl methyl sites for hydroxylation is 1. The third-order valence-electron chi connectivity index (χ3n) is 6.04. The summed E-state index contributed by atoms with van der Waals surface area (Å²) < 4.78 is 26.5. The van der Waals surface area contributed by atoms with Crippen LogP contribution in [0.1, 0.15) is 30.0 Å². The van der Waals surface area contributed by atoms with E-state index in [1.165, 1.54) is 17.5 Å². The van der Waals surface area contributed by atoms with E-state index in [0.717, 1.165) is 12.8 Å². The number of aliphatic hydroxyl groups excluding tert-OH is 2. The molecule has 2 aliphatic carbocycles. The minimum atomic E-state index is -4.09. The second kappa shape index (κ2) is 9.05. The molecule has 4 rings (SSSR count). The lowest BCUT2D eigenvalue weighted by atomic mass is 10.0. The number of fused-ring (bicyclic) bond motifs is 1. The van der Waals surface area contributed by atoms with E-state index in [-0.39, 0.29) is 18.6 Å². The van der Waals surface area contributed by atoms with Crippen molar-refractivity contribution in [3.8, 4) is 0 Å². The van der Waals surface area contributed by atoms with Gasteiger partial charge in [0, 0.05) is 24.4 Å². The maximum Gasteiger partial charge on any atom is 0.333 e. The molecule has 0 radical (unpaired) electrons. The molecular formula is C20H27N5O5S. The Bertz CT molecular complexity index is 1020. The van der Waals surface area contributed by atoms with Crippen LogP contribution in [0.25, 0.3) is 0 Å². The van der Waals surface area contributed by atoms with Gasteiger partial charge in [-0.05, 0) is 30.4 Å².